The molecule has 196 valence electrons. The number of benzene rings is 2. The average Bonchev–Trinajstić information content (AvgIpc) is 3.46. The largest absolute Gasteiger partial charge is 0.507 e. The molecule has 0 atom stereocenters. The number of aromatic hydroxyl groups is 2. The van der Waals surface area contributed by atoms with Gasteiger partial charge in [0.2, 0.25) is 0 Å². The molecular weight excluding hydrogens is 490 g/mol. The second-order valence-corrected chi connectivity index (χ2v) is 11.0. The molecule has 1 aliphatic heterocycles. The van der Waals surface area contributed by atoms with Gasteiger partial charge < -0.3 is 29.6 Å². The maximum absolute atomic E-state index is 13.4. The number of amides is 2. The molecule has 2 N–H and O–H groups in total. The minimum absolute atomic E-state index is 0.0190. The Morgan fingerprint density at radius 2 is 1.70 bits per heavy atom. The number of hydrogen-bond donors (Lipinski definition) is 2. The molecule has 8 nitrogen and oxygen atoms in total. The van der Waals surface area contributed by atoms with E-state index in [4.69, 9.17) is 4.74 Å². The molecule has 0 bridgehead atoms. The lowest BCUT2D eigenvalue weighted by molar-refractivity contribution is 0.0748. The molecule has 0 saturated heterocycles. The molecule has 0 aliphatic carbocycles. The Morgan fingerprint density at radius 3 is 2.41 bits per heavy atom. The Labute approximate surface area is 221 Å². The van der Waals surface area contributed by atoms with E-state index in [1.54, 1.807) is 23.3 Å². The molecule has 2 heterocycles. The summed E-state index contributed by atoms with van der Waals surface area (Å²) in [4.78, 5) is 33.8. The molecule has 2 aromatic carbocycles. The molecule has 0 radical (unpaired) electrons. The first-order valence-electron chi connectivity index (χ1n) is 12.2. The molecule has 9 heteroatoms. The van der Waals surface area contributed by atoms with Gasteiger partial charge >= 0.3 is 0 Å². The van der Waals surface area contributed by atoms with Crippen LogP contribution in [0.3, 0.4) is 0 Å². The van der Waals surface area contributed by atoms with Gasteiger partial charge in [0.05, 0.1) is 24.3 Å². The number of nitrogens with zero attached hydrogens (tertiary/aromatic N) is 3. The number of rotatable bonds is 9. The van der Waals surface area contributed by atoms with E-state index in [9.17, 15) is 19.8 Å². The van der Waals surface area contributed by atoms with Crippen molar-refractivity contribution in [1.82, 2.24) is 14.7 Å². The summed E-state index contributed by atoms with van der Waals surface area (Å²) < 4.78 is 5.86. The first-order valence-corrected chi connectivity index (χ1v) is 13.0. The highest BCUT2D eigenvalue weighted by Crippen LogP contribution is 2.33. The van der Waals surface area contributed by atoms with E-state index >= 15 is 0 Å². The molecule has 0 unspecified atom stereocenters. The molecule has 4 rings (SSSR count). The monoisotopic (exact) mass is 523 g/mol. The predicted molar refractivity (Wildman–Crippen MR) is 143 cm³/mol. The maximum atomic E-state index is 13.4. The fourth-order valence-corrected chi connectivity index (χ4v) is 5.29. The average molecular weight is 524 g/mol. The van der Waals surface area contributed by atoms with Gasteiger partial charge in [0.15, 0.2) is 0 Å². The Kier molecular flexibility index (Phi) is 8.04. The summed E-state index contributed by atoms with van der Waals surface area (Å²) in [6.45, 7) is 4.68. The van der Waals surface area contributed by atoms with Gasteiger partial charge in [-0.1, -0.05) is 6.07 Å². The van der Waals surface area contributed by atoms with E-state index < -0.39 is 11.8 Å². The van der Waals surface area contributed by atoms with Crippen molar-refractivity contribution in [2.45, 2.75) is 33.0 Å². The predicted octanol–water partition coefficient (Wildman–Crippen LogP) is 4.23. The minimum atomic E-state index is -0.432. The third kappa shape index (κ3) is 6.23. The molecule has 3 aromatic rings. The summed E-state index contributed by atoms with van der Waals surface area (Å²) in [5, 5.41) is 20.9. The summed E-state index contributed by atoms with van der Waals surface area (Å²) in [6.07, 6.45) is 0.915. The number of phenols is 2. The number of carbonyl (C=O) groups excluding carboxylic acids is 2. The van der Waals surface area contributed by atoms with Crippen molar-refractivity contribution < 1.29 is 24.5 Å². The van der Waals surface area contributed by atoms with Crippen LogP contribution in [0.4, 0.5) is 0 Å². The van der Waals surface area contributed by atoms with Gasteiger partial charge in [-0.3, -0.25) is 9.59 Å². The summed E-state index contributed by atoms with van der Waals surface area (Å²) >= 11 is 1.59. The van der Waals surface area contributed by atoms with Crippen molar-refractivity contribution in [3.63, 3.8) is 0 Å². The summed E-state index contributed by atoms with van der Waals surface area (Å²) in [7, 11) is 5.69. The second-order valence-electron chi connectivity index (χ2n) is 9.66. The first kappa shape index (κ1) is 26.5. The number of thiophene rings is 1. The van der Waals surface area contributed by atoms with Gasteiger partial charge in [0, 0.05) is 42.5 Å². The van der Waals surface area contributed by atoms with Gasteiger partial charge in [-0.2, -0.15) is 0 Å². The van der Waals surface area contributed by atoms with Crippen LogP contribution >= 0.6 is 11.3 Å². The van der Waals surface area contributed by atoms with E-state index in [0.717, 1.165) is 45.7 Å². The summed E-state index contributed by atoms with van der Waals surface area (Å²) in [6, 6.07) is 12.1. The van der Waals surface area contributed by atoms with Crippen LogP contribution < -0.4 is 4.74 Å². The summed E-state index contributed by atoms with van der Waals surface area (Å²) in [5.41, 5.74) is 1.95. The number of phenolic OH excluding ortho intramolecular Hbond substituents is 2. The number of hydrogen-bond acceptors (Lipinski definition) is 7. The number of aryl methyl sites for hydroxylation is 1. The van der Waals surface area contributed by atoms with Gasteiger partial charge in [0.1, 0.15) is 17.2 Å². The summed E-state index contributed by atoms with van der Waals surface area (Å²) in [5.74, 6) is -0.812. The van der Waals surface area contributed by atoms with Crippen molar-refractivity contribution in [1.29, 1.82) is 0 Å². The van der Waals surface area contributed by atoms with E-state index in [2.05, 4.69) is 4.90 Å². The first-order chi connectivity index (χ1) is 17.6. The van der Waals surface area contributed by atoms with E-state index in [0.29, 0.717) is 26.2 Å². The van der Waals surface area contributed by atoms with Crippen LogP contribution in [0, 0.1) is 6.92 Å². The molecule has 0 fully saturated rings. The maximum Gasteiger partial charge on any atom is 0.258 e. The molecular formula is C28H33N3O5S. The van der Waals surface area contributed by atoms with E-state index in [-0.39, 0.29) is 22.6 Å². The minimum Gasteiger partial charge on any atom is -0.507 e. The highest BCUT2D eigenvalue weighted by atomic mass is 32.1. The highest BCUT2D eigenvalue weighted by molar-refractivity contribution is 7.11. The third-order valence-electron chi connectivity index (χ3n) is 6.32. The smallest absolute Gasteiger partial charge is 0.258 e. The fraction of sp³-hybridized carbons (Fsp3) is 0.357. The van der Waals surface area contributed by atoms with Crippen molar-refractivity contribution in [2.24, 2.45) is 0 Å². The van der Waals surface area contributed by atoms with Gasteiger partial charge in [-0.05, 0) is 68.9 Å². The Morgan fingerprint density at radius 1 is 0.973 bits per heavy atom. The molecule has 37 heavy (non-hydrogen) atoms. The number of fused-ring (bicyclic) bond motifs is 1. The van der Waals surface area contributed by atoms with E-state index in [1.165, 1.54) is 11.0 Å². The third-order valence-corrected chi connectivity index (χ3v) is 7.30. The van der Waals surface area contributed by atoms with Crippen LogP contribution in [-0.2, 0) is 19.6 Å². The fourth-order valence-electron chi connectivity index (χ4n) is 4.35. The van der Waals surface area contributed by atoms with Gasteiger partial charge in [-0.25, -0.2) is 0 Å². The van der Waals surface area contributed by atoms with Crippen LogP contribution in [0.5, 0.6) is 17.2 Å². The lowest BCUT2D eigenvalue weighted by Crippen LogP contribution is -2.28. The Bertz CT molecular complexity index is 1300. The SMILES string of the molecule is Cc1ccc(CN(C)C(=O)c2cc(C(=O)N3Cc4ccc(OCCCN(C)C)cc4C3)c(O)cc2O)s1. The van der Waals surface area contributed by atoms with E-state index in [1.807, 2.05) is 51.4 Å². The lowest BCUT2D eigenvalue weighted by Gasteiger charge is -2.20. The quantitative estimate of drug-likeness (QED) is 0.408. The molecule has 0 spiro atoms. The molecule has 1 aromatic heterocycles. The van der Waals surface area contributed by atoms with Crippen LogP contribution in [0.25, 0.3) is 0 Å². The zero-order valence-corrected chi connectivity index (χ0v) is 22.5. The number of ether oxygens (including phenoxy) is 1. The van der Waals surface area contributed by atoms with Crippen molar-refractivity contribution in [3.05, 3.63) is 74.5 Å². The lowest BCUT2D eigenvalue weighted by atomic mass is 10.1. The van der Waals surface area contributed by atoms with Crippen LogP contribution in [0.1, 0.15) is 48.0 Å². The zero-order chi connectivity index (χ0) is 26.7. The Hall–Kier alpha value is -3.56. The second kappa shape index (κ2) is 11.2. The topological polar surface area (TPSA) is 93.6 Å². The van der Waals surface area contributed by atoms with Crippen LogP contribution in [-0.4, -0.2) is 71.0 Å². The molecule has 2 amide bonds. The normalized spacial score (nSPS) is 12.6. The standard InChI is InChI=1S/C28H33N3O5S/c1-18-6-9-22(37-18)17-30(4)27(34)23-13-24(26(33)14-25(23)32)28(35)31-15-19-7-8-21(12-20(19)16-31)36-11-5-10-29(2)3/h6-9,12-14,32-33H,5,10-11,15-17H2,1-4H3. The van der Waals surface area contributed by atoms with Crippen molar-refractivity contribution >= 4 is 23.2 Å². The molecule has 1 aliphatic rings. The van der Waals surface area contributed by atoms with Crippen molar-refractivity contribution in [3.8, 4) is 17.2 Å². The van der Waals surface area contributed by atoms with Gasteiger partial charge in [-0.15, -0.1) is 11.3 Å². The highest BCUT2D eigenvalue weighted by Gasteiger charge is 2.29. The van der Waals surface area contributed by atoms with Crippen LogP contribution in [0.15, 0.2) is 42.5 Å². The zero-order valence-electron chi connectivity index (χ0n) is 21.7. The van der Waals surface area contributed by atoms with Crippen LogP contribution in [0.2, 0.25) is 0 Å². The van der Waals surface area contributed by atoms with Crippen molar-refractivity contribution in [2.75, 3.05) is 34.3 Å². The Balaban J connectivity index is 1.46. The van der Waals surface area contributed by atoms with Gasteiger partial charge in [0.25, 0.3) is 11.8 Å². The molecule has 0 saturated carbocycles. The number of carbonyl (C=O) groups is 2.